The van der Waals surface area contributed by atoms with Crippen molar-refractivity contribution in [2.75, 3.05) is 13.7 Å². The summed E-state index contributed by atoms with van der Waals surface area (Å²) in [6.07, 6.45) is 10.9. The monoisotopic (exact) mass is 277 g/mol. The van der Waals surface area contributed by atoms with E-state index in [4.69, 9.17) is 4.74 Å². The minimum atomic E-state index is -0.302. The zero-order chi connectivity index (χ0) is 14.1. The fourth-order valence-electron chi connectivity index (χ4n) is 4.08. The number of rotatable bonds is 4. The van der Waals surface area contributed by atoms with Gasteiger partial charge >= 0.3 is 5.97 Å². The maximum atomic E-state index is 12.9. The van der Waals surface area contributed by atoms with Gasteiger partial charge in [-0.1, -0.05) is 25.0 Å². The van der Waals surface area contributed by atoms with Crippen LogP contribution in [0.1, 0.15) is 38.5 Å². The number of hydrogen-bond donors (Lipinski definition) is 0. The topological polar surface area (TPSA) is 46.6 Å². The molecule has 3 aliphatic carbocycles. The number of ether oxygens (including phenoxy) is 1. The summed E-state index contributed by atoms with van der Waals surface area (Å²) in [6, 6.07) is 0.240. The molecule has 2 saturated carbocycles. The van der Waals surface area contributed by atoms with Crippen LogP contribution in [0.15, 0.2) is 12.2 Å². The van der Waals surface area contributed by atoms with E-state index in [0.29, 0.717) is 11.8 Å². The van der Waals surface area contributed by atoms with Crippen molar-refractivity contribution in [3.63, 3.8) is 0 Å². The third-order valence-electron chi connectivity index (χ3n) is 5.17. The van der Waals surface area contributed by atoms with Crippen LogP contribution in [0.5, 0.6) is 0 Å². The number of amides is 1. The van der Waals surface area contributed by atoms with Crippen LogP contribution in [0, 0.1) is 17.8 Å². The Labute approximate surface area is 120 Å². The lowest BCUT2D eigenvalue weighted by Gasteiger charge is -2.32. The molecule has 0 aromatic carbocycles. The van der Waals surface area contributed by atoms with E-state index < -0.39 is 0 Å². The largest absolute Gasteiger partial charge is 0.468 e. The lowest BCUT2D eigenvalue weighted by atomic mass is 9.91. The summed E-state index contributed by atoms with van der Waals surface area (Å²) in [5.41, 5.74) is 0. The van der Waals surface area contributed by atoms with Crippen molar-refractivity contribution in [1.29, 1.82) is 0 Å². The molecule has 0 N–H and O–H groups in total. The Morgan fingerprint density at radius 1 is 1.20 bits per heavy atom. The van der Waals surface area contributed by atoms with Gasteiger partial charge in [-0.2, -0.15) is 0 Å². The molecule has 0 radical (unpaired) electrons. The predicted molar refractivity (Wildman–Crippen MR) is 74.8 cm³/mol. The Kier molecular flexibility index (Phi) is 3.81. The minimum Gasteiger partial charge on any atom is -0.468 e. The maximum Gasteiger partial charge on any atom is 0.325 e. The van der Waals surface area contributed by atoms with Crippen molar-refractivity contribution in [1.82, 2.24) is 4.90 Å². The van der Waals surface area contributed by atoms with E-state index in [1.54, 1.807) is 0 Å². The van der Waals surface area contributed by atoms with Crippen molar-refractivity contribution in [2.24, 2.45) is 17.8 Å². The molecule has 0 spiro atoms. The van der Waals surface area contributed by atoms with Crippen LogP contribution in [0.25, 0.3) is 0 Å². The lowest BCUT2D eigenvalue weighted by Crippen LogP contribution is -2.46. The van der Waals surface area contributed by atoms with E-state index >= 15 is 0 Å². The molecule has 0 saturated heterocycles. The number of nitrogens with zero attached hydrogens (tertiary/aromatic N) is 1. The molecular formula is C16H23NO3. The summed E-state index contributed by atoms with van der Waals surface area (Å²) in [7, 11) is 1.39. The highest BCUT2D eigenvalue weighted by molar-refractivity contribution is 5.84. The van der Waals surface area contributed by atoms with Gasteiger partial charge in [0.15, 0.2) is 0 Å². The third-order valence-corrected chi connectivity index (χ3v) is 5.17. The van der Waals surface area contributed by atoms with Gasteiger partial charge in [0.05, 0.1) is 7.11 Å². The van der Waals surface area contributed by atoms with Crippen molar-refractivity contribution >= 4 is 11.9 Å². The van der Waals surface area contributed by atoms with E-state index in [-0.39, 0.29) is 30.4 Å². The molecule has 20 heavy (non-hydrogen) atoms. The highest BCUT2D eigenvalue weighted by Crippen LogP contribution is 2.44. The van der Waals surface area contributed by atoms with E-state index in [9.17, 15) is 9.59 Å². The molecule has 2 fully saturated rings. The molecule has 2 bridgehead atoms. The van der Waals surface area contributed by atoms with Gasteiger partial charge in [-0.05, 0) is 37.5 Å². The normalized spacial score (nSPS) is 31.8. The van der Waals surface area contributed by atoms with Crippen molar-refractivity contribution in [3.05, 3.63) is 12.2 Å². The molecule has 3 unspecified atom stereocenters. The van der Waals surface area contributed by atoms with Crippen molar-refractivity contribution in [3.8, 4) is 0 Å². The minimum absolute atomic E-state index is 0.0928. The molecule has 0 aromatic rings. The van der Waals surface area contributed by atoms with Gasteiger partial charge in [-0.15, -0.1) is 0 Å². The molecule has 3 aliphatic rings. The van der Waals surface area contributed by atoms with Crippen molar-refractivity contribution in [2.45, 2.75) is 44.6 Å². The third kappa shape index (κ3) is 2.48. The number of methoxy groups -OCH3 is 1. The number of allylic oxidation sites excluding steroid dienone is 2. The van der Waals surface area contributed by atoms with Crippen molar-refractivity contribution < 1.29 is 14.3 Å². The van der Waals surface area contributed by atoms with Crippen LogP contribution in [-0.2, 0) is 14.3 Å². The number of carbonyl (C=O) groups is 2. The van der Waals surface area contributed by atoms with Gasteiger partial charge in [-0.25, -0.2) is 0 Å². The quantitative estimate of drug-likeness (QED) is 0.584. The Bertz CT molecular complexity index is 425. The smallest absolute Gasteiger partial charge is 0.325 e. The summed E-state index contributed by atoms with van der Waals surface area (Å²) in [4.78, 5) is 26.3. The predicted octanol–water partition coefficient (Wildman–Crippen LogP) is 2.14. The molecule has 110 valence electrons. The van der Waals surface area contributed by atoms with Crippen LogP contribution in [0.2, 0.25) is 0 Å². The highest BCUT2D eigenvalue weighted by Gasteiger charge is 2.43. The average molecular weight is 277 g/mol. The maximum absolute atomic E-state index is 12.9. The molecule has 3 rings (SSSR count). The van der Waals surface area contributed by atoms with Crippen LogP contribution in [0.4, 0.5) is 0 Å². The molecule has 0 aromatic heterocycles. The average Bonchev–Trinajstić information content (AvgIpc) is 3.19. The van der Waals surface area contributed by atoms with Crippen LogP contribution in [-0.4, -0.2) is 36.5 Å². The van der Waals surface area contributed by atoms with Gasteiger partial charge in [-0.3, -0.25) is 9.59 Å². The van der Waals surface area contributed by atoms with Gasteiger partial charge in [0, 0.05) is 12.0 Å². The molecule has 4 nitrogen and oxygen atoms in total. The summed E-state index contributed by atoms with van der Waals surface area (Å²) in [5.74, 6) is 0.949. The second kappa shape index (κ2) is 5.58. The second-order valence-corrected chi connectivity index (χ2v) is 6.37. The van der Waals surface area contributed by atoms with Gasteiger partial charge in [0.25, 0.3) is 0 Å². The zero-order valence-electron chi connectivity index (χ0n) is 12.1. The Morgan fingerprint density at radius 3 is 2.50 bits per heavy atom. The molecule has 4 heteroatoms. The second-order valence-electron chi connectivity index (χ2n) is 6.37. The summed E-state index contributed by atoms with van der Waals surface area (Å²) in [6.45, 7) is 0.123. The summed E-state index contributed by atoms with van der Waals surface area (Å²) in [5, 5.41) is 0. The fraction of sp³-hybridized carbons (Fsp3) is 0.750. The summed E-state index contributed by atoms with van der Waals surface area (Å²) < 4.78 is 4.77. The number of hydrogen-bond acceptors (Lipinski definition) is 3. The van der Waals surface area contributed by atoms with E-state index in [1.807, 2.05) is 4.90 Å². The first-order valence-corrected chi connectivity index (χ1v) is 7.74. The molecule has 0 heterocycles. The first kappa shape index (κ1) is 13.7. The summed E-state index contributed by atoms with van der Waals surface area (Å²) >= 11 is 0. The zero-order valence-corrected chi connectivity index (χ0v) is 12.1. The van der Waals surface area contributed by atoms with Crippen LogP contribution < -0.4 is 0 Å². The highest BCUT2D eigenvalue weighted by atomic mass is 16.5. The van der Waals surface area contributed by atoms with Gasteiger partial charge < -0.3 is 9.64 Å². The standard InChI is InChI=1S/C16H23NO3/c1-20-15(18)10-17(13-4-2-3-5-13)16(19)14-9-11-6-7-12(14)8-11/h6-7,11-14H,2-5,8-10H2,1H3. The first-order valence-electron chi connectivity index (χ1n) is 7.74. The Hall–Kier alpha value is -1.32. The SMILES string of the molecule is COC(=O)CN(C(=O)C1CC2C=CC1C2)C1CCCC1. The molecule has 3 atom stereocenters. The van der Waals surface area contributed by atoms with E-state index in [0.717, 1.165) is 38.5 Å². The van der Waals surface area contributed by atoms with Crippen LogP contribution in [0.3, 0.4) is 0 Å². The first-order chi connectivity index (χ1) is 9.69. The number of esters is 1. The van der Waals surface area contributed by atoms with E-state index in [1.165, 1.54) is 7.11 Å². The van der Waals surface area contributed by atoms with Crippen LogP contribution >= 0.6 is 0 Å². The Balaban J connectivity index is 1.72. The fourth-order valence-corrected chi connectivity index (χ4v) is 4.08. The Morgan fingerprint density at radius 2 is 1.95 bits per heavy atom. The van der Waals surface area contributed by atoms with E-state index in [2.05, 4.69) is 12.2 Å². The molecule has 1 amide bonds. The number of carbonyl (C=O) groups excluding carboxylic acids is 2. The molecule has 0 aliphatic heterocycles. The molecular weight excluding hydrogens is 254 g/mol. The lowest BCUT2D eigenvalue weighted by molar-refractivity contribution is -0.150. The van der Waals surface area contributed by atoms with Gasteiger partial charge in [0.1, 0.15) is 6.54 Å². The van der Waals surface area contributed by atoms with Gasteiger partial charge in [0.2, 0.25) is 5.91 Å². The number of fused-ring (bicyclic) bond motifs is 2.